The van der Waals surface area contributed by atoms with E-state index in [1.807, 2.05) is 0 Å². The number of carbonyl (C=O) groups is 4. The summed E-state index contributed by atoms with van der Waals surface area (Å²) >= 11 is 0. The average Bonchev–Trinajstić information content (AvgIpc) is 4.28. The third kappa shape index (κ3) is 8.67. The van der Waals surface area contributed by atoms with E-state index < -0.39 is 23.9 Å². The number of fused-ring (bicyclic) bond motifs is 20. The summed E-state index contributed by atoms with van der Waals surface area (Å²) in [6, 6.07) is 44.9. The van der Waals surface area contributed by atoms with E-state index in [1.54, 1.807) is 121 Å². The Bertz CT molecular complexity index is 4380. The highest BCUT2D eigenvalue weighted by Gasteiger charge is 2.28. The monoisotopic (exact) mass is 1060 g/mol. The lowest BCUT2D eigenvalue weighted by molar-refractivity contribution is 0.0686. The van der Waals surface area contributed by atoms with E-state index in [9.17, 15) is 39.6 Å². The SMILES string of the molecule is O=C(O)c1cccc(Oc2cccc3c2-c2nc-3nc3[nH]c(nc4nc(nc5[nH]c(n2)c2cccc(Oc6cccc(C(=O)O)c6)c52)-c2cccc(Oc5cccc(C(=O)O)c5)c2-4)c2cccc(Oc4cccc(C(=O)O)c4)c32)c1. The van der Waals surface area contributed by atoms with Crippen molar-refractivity contribution < 1.29 is 58.6 Å². The Kier molecular flexibility index (Phi) is 11.4. The van der Waals surface area contributed by atoms with Crippen LogP contribution in [0.25, 0.3) is 89.7 Å². The van der Waals surface area contributed by atoms with Gasteiger partial charge in [-0.1, -0.05) is 72.8 Å². The summed E-state index contributed by atoms with van der Waals surface area (Å²) in [6.07, 6.45) is 0. The molecule has 20 nitrogen and oxygen atoms in total. The molecule has 0 saturated heterocycles. The maximum absolute atomic E-state index is 12.1. The summed E-state index contributed by atoms with van der Waals surface area (Å²) in [5.41, 5.74) is 2.54. The molecule has 80 heavy (non-hydrogen) atoms. The molecule has 0 fully saturated rings. The summed E-state index contributed by atoms with van der Waals surface area (Å²) in [6.45, 7) is 0. The van der Waals surface area contributed by atoms with Crippen LogP contribution in [0, 0.1) is 0 Å². The lowest BCUT2D eigenvalue weighted by atomic mass is 10.1. The van der Waals surface area contributed by atoms with Gasteiger partial charge in [0.1, 0.15) is 68.6 Å². The van der Waals surface area contributed by atoms with E-state index in [0.717, 1.165) is 0 Å². The lowest BCUT2D eigenvalue weighted by Crippen LogP contribution is -1.96. The fourth-order valence-electron chi connectivity index (χ4n) is 9.48. The fraction of sp³-hybridized carbons (Fsp3) is 0. The number of carboxylic acid groups (broad SMARTS) is 4. The third-order valence-corrected chi connectivity index (χ3v) is 13.0. The minimum absolute atomic E-state index is 0.00245. The summed E-state index contributed by atoms with van der Waals surface area (Å²) < 4.78 is 25.9. The van der Waals surface area contributed by atoms with Crippen LogP contribution in [0.15, 0.2) is 170 Å². The topological polar surface area (TPSA) is 295 Å². The summed E-state index contributed by atoms with van der Waals surface area (Å²) in [7, 11) is 0. The second-order valence-electron chi connectivity index (χ2n) is 18.1. The molecule has 0 amide bonds. The van der Waals surface area contributed by atoms with Gasteiger partial charge in [-0.3, -0.25) is 0 Å². The summed E-state index contributed by atoms with van der Waals surface area (Å²) in [5, 5.41) is 41.2. The van der Waals surface area contributed by atoms with Crippen molar-refractivity contribution in [3.63, 3.8) is 0 Å². The number of carboxylic acids is 4. The van der Waals surface area contributed by atoms with E-state index in [1.165, 1.54) is 48.5 Å². The van der Waals surface area contributed by atoms with Crippen molar-refractivity contribution in [1.29, 1.82) is 0 Å². The van der Waals surface area contributed by atoms with Crippen molar-refractivity contribution in [2.24, 2.45) is 0 Å². The molecule has 0 atom stereocenters. The Hall–Kier alpha value is -11.8. The van der Waals surface area contributed by atoms with Gasteiger partial charge in [-0.15, -0.1) is 0 Å². The molecule has 13 rings (SSSR count). The Morgan fingerprint density at radius 2 is 0.625 bits per heavy atom. The second-order valence-corrected chi connectivity index (χ2v) is 18.1. The number of aromatic amines is 2. The molecule has 6 N–H and O–H groups in total. The van der Waals surface area contributed by atoms with Crippen molar-refractivity contribution in [1.82, 2.24) is 39.9 Å². The Morgan fingerprint density at radius 3 is 0.975 bits per heavy atom. The van der Waals surface area contributed by atoms with Gasteiger partial charge in [0.15, 0.2) is 23.3 Å². The van der Waals surface area contributed by atoms with E-state index >= 15 is 0 Å². The molecule has 0 spiro atoms. The van der Waals surface area contributed by atoms with Gasteiger partial charge in [0.05, 0.1) is 44.2 Å². The first-order valence-electron chi connectivity index (χ1n) is 24.3. The summed E-state index contributed by atoms with van der Waals surface area (Å²) in [5.74, 6) is -2.18. The standard InChI is InChI=1S/C60H34N8O12/c69-57(70)29-9-1-13-33(25-29)77-41-21-5-17-37-45(41)53-61-49(37)66-54-47-39(19-7-23-43(47)79-35-15-3-11-31(27-35)59(73)74)51(63-54)68-56-48-40(20-8-24-44(48)80-36-16-4-12-32(28-36)60(75)76)52(64-56)67-55-46-38(50(62-55)65-53)18-6-22-42(46)78-34-14-2-10-30(26-34)58(71)72/h1-28H,(H,69,70)(H,71,72)(H,73,74)(H,75,76)(H2,61,62,63,64,65,66,67,68). The van der Waals surface area contributed by atoms with Crippen molar-refractivity contribution in [3.05, 3.63) is 192 Å². The number of aromatic carboxylic acids is 4. The number of benzene rings is 8. The Balaban J connectivity index is 1.13. The fourth-order valence-corrected chi connectivity index (χ4v) is 9.48. The smallest absolute Gasteiger partial charge is 0.335 e. The molecule has 2 aliphatic rings. The van der Waals surface area contributed by atoms with Crippen LogP contribution in [-0.4, -0.2) is 84.2 Å². The van der Waals surface area contributed by atoms with Gasteiger partial charge in [-0.25, -0.2) is 49.1 Å². The van der Waals surface area contributed by atoms with Gasteiger partial charge in [0.25, 0.3) is 0 Å². The zero-order valence-corrected chi connectivity index (χ0v) is 40.9. The van der Waals surface area contributed by atoms with Crippen LogP contribution in [0.4, 0.5) is 0 Å². The zero-order chi connectivity index (χ0) is 54.8. The molecule has 5 heterocycles. The van der Waals surface area contributed by atoms with E-state index in [2.05, 4.69) is 9.97 Å². The number of hydrogen-bond donors (Lipinski definition) is 6. The molecule has 8 aromatic carbocycles. The lowest BCUT2D eigenvalue weighted by Gasteiger charge is -2.10. The highest BCUT2D eigenvalue weighted by molar-refractivity contribution is 6.10. The molecule has 386 valence electrons. The zero-order valence-electron chi connectivity index (χ0n) is 40.9. The van der Waals surface area contributed by atoms with Crippen molar-refractivity contribution in [3.8, 4) is 91.5 Å². The van der Waals surface area contributed by atoms with Gasteiger partial charge in [-0.2, -0.15) is 0 Å². The van der Waals surface area contributed by atoms with E-state index in [0.29, 0.717) is 43.8 Å². The number of nitrogens with one attached hydrogen (secondary N) is 2. The number of rotatable bonds is 12. The molecule has 3 aromatic heterocycles. The third-order valence-electron chi connectivity index (χ3n) is 13.0. The molecule has 0 saturated carbocycles. The minimum atomic E-state index is -1.15. The Labute approximate surface area is 448 Å². The maximum atomic E-state index is 12.1. The van der Waals surface area contributed by atoms with Gasteiger partial charge >= 0.3 is 23.9 Å². The predicted octanol–water partition coefficient (Wildman–Crippen LogP) is 12.8. The highest BCUT2D eigenvalue weighted by Crippen LogP contribution is 2.46. The highest BCUT2D eigenvalue weighted by atomic mass is 16.5. The first kappa shape index (κ1) is 47.9. The van der Waals surface area contributed by atoms with Gasteiger partial charge in [0, 0.05) is 21.9 Å². The minimum Gasteiger partial charge on any atom is -0.478 e. The van der Waals surface area contributed by atoms with Crippen molar-refractivity contribution in [2.75, 3.05) is 0 Å². The van der Waals surface area contributed by atoms with E-state index in [-0.39, 0.29) is 114 Å². The molecular weight excluding hydrogens is 1020 g/mol. The normalized spacial score (nSPS) is 11.4. The largest absolute Gasteiger partial charge is 0.478 e. The summed E-state index contributed by atoms with van der Waals surface area (Å²) in [4.78, 5) is 85.9. The number of nitrogens with zero attached hydrogens (tertiary/aromatic N) is 6. The van der Waals surface area contributed by atoms with Crippen molar-refractivity contribution in [2.45, 2.75) is 0 Å². The van der Waals surface area contributed by atoms with Crippen LogP contribution in [0.3, 0.4) is 0 Å². The van der Waals surface area contributed by atoms with Gasteiger partial charge in [0.2, 0.25) is 0 Å². The second kappa shape index (κ2) is 19.1. The van der Waals surface area contributed by atoms with Crippen LogP contribution in [0.5, 0.6) is 46.0 Å². The van der Waals surface area contributed by atoms with Crippen LogP contribution < -0.4 is 18.9 Å². The van der Waals surface area contributed by atoms with E-state index in [4.69, 9.17) is 48.9 Å². The van der Waals surface area contributed by atoms with Crippen LogP contribution in [0.1, 0.15) is 41.4 Å². The molecule has 20 heteroatoms. The molecule has 11 aromatic rings. The average molecular weight is 1060 g/mol. The molecule has 2 aliphatic heterocycles. The molecule has 0 aliphatic carbocycles. The quantitative estimate of drug-likeness (QED) is 0.0662. The van der Waals surface area contributed by atoms with Crippen LogP contribution >= 0.6 is 0 Å². The van der Waals surface area contributed by atoms with Crippen LogP contribution in [-0.2, 0) is 0 Å². The molecule has 0 unspecified atom stereocenters. The number of ether oxygens (including phenoxy) is 4. The number of H-pyrrole nitrogens is 2. The van der Waals surface area contributed by atoms with Gasteiger partial charge in [-0.05, 0) is 97.1 Å². The predicted molar refractivity (Wildman–Crippen MR) is 290 cm³/mol. The first-order chi connectivity index (χ1) is 38.9. The van der Waals surface area contributed by atoms with Gasteiger partial charge < -0.3 is 49.3 Å². The number of aromatic nitrogens is 8. The molecule has 0 radical (unpaired) electrons. The van der Waals surface area contributed by atoms with Crippen molar-refractivity contribution >= 4 is 68.0 Å². The molecule has 8 bridgehead atoms. The Morgan fingerprint density at radius 1 is 0.325 bits per heavy atom. The number of hydrogen-bond acceptors (Lipinski definition) is 14. The van der Waals surface area contributed by atoms with Crippen LogP contribution in [0.2, 0.25) is 0 Å². The maximum Gasteiger partial charge on any atom is 0.335 e. The molecular formula is C60H34N8O12. The first-order valence-corrected chi connectivity index (χ1v) is 24.3.